The monoisotopic (exact) mass is 299 g/mol. The van der Waals surface area contributed by atoms with Crippen molar-refractivity contribution >= 4 is 5.91 Å². The van der Waals surface area contributed by atoms with E-state index in [1.807, 2.05) is 11.0 Å². The zero-order chi connectivity index (χ0) is 15.4. The van der Waals surface area contributed by atoms with Gasteiger partial charge in [-0.3, -0.25) is 14.8 Å². The van der Waals surface area contributed by atoms with Gasteiger partial charge in [0.1, 0.15) is 6.33 Å². The van der Waals surface area contributed by atoms with E-state index in [-0.39, 0.29) is 5.91 Å². The predicted octanol–water partition coefficient (Wildman–Crippen LogP) is 1.37. The molecule has 1 atom stereocenters. The van der Waals surface area contributed by atoms with Crippen molar-refractivity contribution in [2.75, 3.05) is 32.7 Å². The molecule has 1 saturated heterocycles. The van der Waals surface area contributed by atoms with Gasteiger partial charge in [0.2, 0.25) is 5.82 Å². The van der Waals surface area contributed by atoms with Crippen LogP contribution in [0.25, 0.3) is 0 Å². The summed E-state index contributed by atoms with van der Waals surface area (Å²) in [4.78, 5) is 20.4. The second-order valence-corrected chi connectivity index (χ2v) is 5.74. The highest BCUT2D eigenvalue weighted by molar-refractivity contribution is 5.90. The number of nitrogens with zero attached hydrogens (tertiary/aromatic N) is 4. The molecule has 6 heteroatoms. The average Bonchev–Trinajstić information content (AvgIpc) is 3.10. The van der Waals surface area contributed by atoms with E-state index in [0.29, 0.717) is 11.7 Å². The Morgan fingerprint density at radius 2 is 1.95 bits per heavy atom. The van der Waals surface area contributed by atoms with E-state index in [2.05, 4.69) is 51.3 Å². The summed E-state index contributed by atoms with van der Waals surface area (Å²) in [6.07, 6.45) is 1.37. The summed E-state index contributed by atoms with van der Waals surface area (Å²) in [6, 6.07) is 10.6. The fraction of sp³-hybridized carbons (Fsp3) is 0.438. The number of amides is 1. The Hall–Kier alpha value is -2.21. The Bertz CT molecular complexity index is 590. The molecule has 1 amide bonds. The second kappa shape index (κ2) is 6.70. The molecule has 6 nitrogen and oxygen atoms in total. The van der Waals surface area contributed by atoms with Gasteiger partial charge in [0, 0.05) is 32.7 Å². The minimum Gasteiger partial charge on any atom is -0.333 e. The van der Waals surface area contributed by atoms with Crippen LogP contribution in [0, 0.1) is 0 Å². The molecule has 0 radical (unpaired) electrons. The SMILES string of the molecule is CC(CN1CCN(C(=O)c2ncn[nH]2)CC1)c1ccccc1. The minimum absolute atomic E-state index is 0.0618. The Morgan fingerprint density at radius 3 is 2.59 bits per heavy atom. The topological polar surface area (TPSA) is 65.1 Å². The Labute approximate surface area is 130 Å². The van der Waals surface area contributed by atoms with Gasteiger partial charge in [-0.1, -0.05) is 37.3 Å². The van der Waals surface area contributed by atoms with Crippen LogP contribution in [-0.2, 0) is 0 Å². The number of rotatable bonds is 4. The summed E-state index contributed by atoms with van der Waals surface area (Å²) in [7, 11) is 0. The number of carbonyl (C=O) groups excluding carboxylic acids is 1. The summed E-state index contributed by atoms with van der Waals surface area (Å²) in [5, 5.41) is 6.37. The summed E-state index contributed by atoms with van der Waals surface area (Å²) < 4.78 is 0. The lowest BCUT2D eigenvalue weighted by Crippen LogP contribution is -2.49. The highest BCUT2D eigenvalue weighted by Gasteiger charge is 2.24. The number of carbonyl (C=O) groups is 1. The van der Waals surface area contributed by atoms with Crippen LogP contribution >= 0.6 is 0 Å². The van der Waals surface area contributed by atoms with Gasteiger partial charge in [0.05, 0.1) is 0 Å². The normalized spacial score (nSPS) is 17.4. The Balaban J connectivity index is 1.51. The largest absolute Gasteiger partial charge is 0.333 e. The molecule has 1 fully saturated rings. The van der Waals surface area contributed by atoms with Crippen molar-refractivity contribution in [1.29, 1.82) is 0 Å². The quantitative estimate of drug-likeness (QED) is 0.926. The van der Waals surface area contributed by atoms with Crippen LogP contribution in [0.2, 0.25) is 0 Å². The molecule has 3 rings (SSSR count). The van der Waals surface area contributed by atoms with Crippen LogP contribution in [0.1, 0.15) is 29.0 Å². The lowest BCUT2D eigenvalue weighted by atomic mass is 10.0. The minimum atomic E-state index is -0.0618. The van der Waals surface area contributed by atoms with Crippen LogP contribution < -0.4 is 0 Å². The van der Waals surface area contributed by atoms with Gasteiger partial charge in [-0.05, 0) is 11.5 Å². The molecule has 2 heterocycles. The number of aromatic nitrogens is 3. The molecule has 1 aromatic heterocycles. The number of hydrogen-bond donors (Lipinski definition) is 1. The van der Waals surface area contributed by atoms with Gasteiger partial charge < -0.3 is 4.90 Å². The molecular formula is C16H21N5O. The molecular weight excluding hydrogens is 278 g/mol. The van der Waals surface area contributed by atoms with E-state index in [0.717, 1.165) is 32.7 Å². The van der Waals surface area contributed by atoms with Gasteiger partial charge in [0.25, 0.3) is 5.91 Å². The fourth-order valence-electron chi connectivity index (χ4n) is 2.87. The molecule has 0 bridgehead atoms. The Kier molecular flexibility index (Phi) is 4.48. The molecule has 2 aromatic rings. The summed E-state index contributed by atoms with van der Waals surface area (Å²) in [5.41, 5.74) is 1.36. The van der Waals surface area contributed by atoms with Crippen molar-refractivity contribution in [3.05, 3.63) is 48.0 Å². The first-order valence-corrected chi connectivity index (χ1v) is 7.66. The third-order valence-electron chi connectivity index (χ3n) is 4.18. The lowest BCUT2D eigenvalue weighted by Gasteiger charge is -2.35. The van der Waals surface area contributed by atoms with Gasteiger partial charge in [-0.15, -0.1) is 0 Å². The molecule has 116 valence electrons. The number of aromatic amines is 1. The van der Waals surface area contributed by atoms with E-state index in [4.69, 9.17) is 0 Å². The molecule has 0 saturated carbocycles. The number of nitrogens with one attached hydrogen (secondary N) is 1. The maximum Gasteiger partial charge on any atom is 0.291 e. The number of benzene rings is 1. The van der Waals surface area contributed by atoms with Gasteiger partial charge in [-0.2, -0.15) is 5.10 Å². The average molecular weight is 299 g/mol. The van der Waals surface area contributed by atoms with Gasteiger partial charge in [-0.25, -0.2) is 4.98 Å². The van der Waals surface area contributed by atoms with Crippen molar-refractivity contribution in [2.45, 2.75) is 12.8 Å². The number of hydrogen-bond acceptors (Lipinski definition) is 4. The zero-order valence-corrected chi connectivity index (χ0v) is 12.8. The zero-order valence-electron chi connectivity index (χ0n) is 12.8. The fourth-order valence-corrected chi connectivity index (χ4v) is 2.87. The first kappa shape index (κ1) is 14.7. The van der Waals surface area contributed by atoms with E-state index in [1.165, 1.54) is 11.9 Å². The van der Waals surface area contributed by atoms with Crippen LogP contribution in [0.3, 0.4) is 0 Å². The molecule has 22 heavy (non-hydrogen) atoms. The van der Waals surface area contributed by atoms with Crippen molar-refractivity contribution < 1.29 is 4.79 Å². The number of H-pyrrole nitrogens is 1. The first-order chi connectivity index (χ1) is 10.7. The third kappa shape index (κ3) is 3.33. The highest BCUT2D eigenvalue weighted by atomic mass is 16.2. The summed E-state index contributed by atoms with van der Waals surface area (Å²) in [5.74, 6) is 0.761. The van der Waals surface area contributed by atoms with Crippen molar-refractivity contribution in [3.63, 3.8) is 0 Å². The van der Waals surface area contributed by atoms with Crippen LogP contribution in [0.15, 0.2) is 36.7 Å². The maximum absolute atomic E-state index is 12.2. The summed E-state index contributed by atoms with van der Waals surface area (Å²) >= 11 is 0. The molecule has 1 aromatic carbocycles. The van der Waals surface area contributed by atoms with E-state index in [9.17, 15) is 4.79 Å². The Morgan fingerprint density at radius 1 is 1.23 bits per heavy atom. The third-order valence-corrected chi connectivity index (χ3v) is 4.18. The number of piperazine rings is 1. The molecule has 1 aliphatic rings. The highest BCUT2D eigenvalue weighted by Crippen LogP contribution is 2.17. The van der Waals surface area contributed by atoms with E-state index < -0.39 is 0 Å². The lowest BCUT2D eigenvalue weighted by molar-refractivity contribution is 0.0620. The first-order valence-electron chi connectivity index (χ1n) is 7.66. The van der Waals surface area contributed by atoms with E-state index in [1.54, 1.807) is 0 Å². The maximum atomic E-state index is 12.2. The van der Waals surface area contributed by atoms with Crippen LogP contribution in [0.5, 0.6) is 0 Å². The molecule has 1 aliphatic heterocycles. The van der Waals surface area contributed by atoms with Crippen molar-refractivity contribution in [1.82, 2.24) is 25.0 Å². The van der Waals surface area contributed by atoms with E-state index >= 15 is 0 Å². The van der Waals surface area contributed by atoms with Crippen molar-refractivity contribution in [2.24, 2.45) is 0 Å². The standard InChI is InChI=1S/C16H21N5O/c1-13(14-5-3-2-4-6-14)11-20-7-9-21(10-8-20)16(22)15-17-12-18-19-15/h2-6,12-13H,7-11H2,1H3,(H,17,18,19). The van der Waals surface area contributed by atoms with Gasteiger partial charge in [0.15, 0.2) is 0 Å². The molecule has 1 N–H and O–H groups in total. The second-order valence-electron chi connectivity index (χ2n) is 5.74. The predicted molar refractivity (Wildman–Crippen MR) is 83.6 cm³/mol. The van der Waals surface area contributed by atoms with Gasteiger partial charge >= 0.3 is 0 Å². The smallest absolute Gasteiger partial charge is 0.291 e. The summed E-state index contributed by atoms with van der Waals surface area (Å²) in [6.45, 7) is 6.55. The van der Waals surface area contributed by atoms with Crippen LogP contribution in [0.4, 0.5) is 0 Å². The molecule has 1 unspecified atom stereocenters. The molecule has 0 spiro atoms. The van der Waals surface area contributed by atoms with Crippen molar-refractivity contribution in [3.8, 4) is 0 Å². The van der Waals surface area contributed by atoms with Crippen LogP contribution in [-0.4, -0.2) is 63.6 Å². The molecule has 0 aliphatic carbocycles.